The first-order valence-corrected chi connectivity index (χ1v) is 6.54. The summed E-state index contributed by atoms with van der Waals surface area (Å²) in [5.41, 5.74) is 2.77. The minimum atomic E-state index is 0.0982. The molecule has 0 aromatic heterocycles. The molecule has 98 valence electrons. The average Bonchev–Trinajstić information content (AvgIpc) is 2.37. The van der Waals surface area contributed by atoms with Crippen LogP contribution in [0, 0.1) is 0 Å². The molecule has 1 aromatic rings. The topological polar surface area (TPSA) is 18.5 Å². The van der Waals surface area contributed by atoms with Gasteiger partial charge >= 0.3 is 0 Å². The normalized spacial score (nSPS) is 21.4. The predicted molar refractivity (Wildman–Crippen MR) is 74.7 cm³/mol. The van der Waals surface area contributed by atoms with Crippen LogP contribution in [0.1, 0.15) is 31.9 Å². The highest BCUT2D eigenvalue weighted by Crippen LogP contribution is 2.22. The van der Waals surface area contributed by atoms with Gasteiger partial charge in [0.05, 0.1) is 25.9 Å². The molecular weight excluding hydrogens is 224 g/mol. The molecule has 2 rings (SSSR count). The number of hydrogen-bond acceptors (Lipinski definition) is 2. The monoisotopic (exact) mass is 246 g/mol. The first-order chi connectivity index (χ1) is 8.55. The van der Waals surface area contributed by atoms with E-state index in [1.807, 2.05) is 0 Å². The molecule has 1 aliphatic rings. The molecule has 1 unspecified atom stereocenters. The largest absolute Gasteiger partial charge is 0.376 e. The van der Waals surface area contributed by atoms with E-state index in [2.05, 4.69) is 57.2 Å². The molecule has 1 aliphatic heterocycles. The lowest BCUT2D eigenvalue weighted by Crippen LogP contribution is -2.26. The minimum absolute atomic E-state index is 0.0982. The molecule has 0 amide bonds. The molecule has 0 bridgehead atoms. The van der Waals surface area contributed by atoms with Crippen molar-refractivity contribution in [2.75, 3.05) is 19.8 Å². The van der Waals surface area contributed by atoms with Crippen LogP contribution in [0.4, 0.5) is 0 Å². The smallest absolute Gasteiger partial charge is 0.0993 e. The van der Waals surface area contributed by atoms with Gasteiger partial charge in [-0.05, 0) is 16.5 Å². The molecule has 0 N–H and O–H groups in total. The van der Waals surface area contributed by atoms with Crippen LogP contribution in [-0.2, 0) is 14.9 Å². The van der Waals surface area contributed by atoms with Crippen molar-refractivity contribution in [2.24, 2.45) is 0 Å². The number of rotatable bonds is 2. The van der Waals surface area contributed by atoms with E-state index in [1.165, 1.54) is 11.1 Å². The van der Waals surface area contributed by atoms with Crippen LogP contribution in [0.2, 0.25) is 0 Å². The van der Waals surface area contributed by atoms with Gasteiger partial charge in [-0.3, -0.25) is 0 Å². The summed E-state index contributed by atoms with van der Waals surface area (Å²) in [7, 11) is 0. The lowest BCUT2D eigenvalue weighted by molar-refractivity contribution is -0.0672. The van der Waals surface area contributed by atoms with Crippen LogP contribution in [-0.4, -0.2) is 25.9 Å². The summed E-state index contributed by atoms with van der Waals surface area (Å²) in [6, 6.07) is 8.69. The molecule has 0 spiro atoms. The highest BCUT2D eigenvalue weighted by molar-refractivity contribution is 5.50. The van der Waals surface area contributed by atoms with Crippen molar-refractivity contribution in [1.29, 1.82) is 0 Å². The summed E-state index contributed by atoms with van der Waals surface area (Å²) < 4.78 is 10.9. The fourth-order valence-corrected chi connectivity index (χ4v) is 1.93. The molecule has 0 radical (unpaired) electrons. The summed E-state index contributed by atoms with van der Waals surface area (Å²) in [6.07, 6.45) is 4.28. The second-order valence-electron chi connectivity index (χ2n) is 5.72. The van der Waals surface area contributed by atoms with Crippen LogP contribution in [0.15, 0.2) is 30.3 Å². The quantitative estimate of drug-likeness (QED) is 0.796. The Hall–Kier alpha value is -1.12. The third-order valence-corrected chi connectivity index (χ3v) is 3.12. The summed E-state index contributed by atoms with van der Waals surface area (Å²) in [5.74, 6) is 0. The van der Waals surface area contributed by atoms with E-state index in [4.69, 9.17) is 9.47 Å². The summed E-state index contributed by atoms with van der Waals surface area (Å²) in [4.78, 5) is 0. The Morgan fingerprint density at radius 1 is 1.11 bits per heavy atom. The summed E-state index contributed by atoms with van der Waals surface area (Å²) >= 11 is 0. The van der Waals surface area contributed by atoms with Crippen LogP contribution in [0.3, 0.4) is 0 Å². The standard InChI is InChI=1S/C16H22O2/c1-16(2,3)14-7-4-13(5-8-14)6-9-15-12-17-10-11-18-15/h4-9,15H,10-12H2,1-3H3/b9-6+. The average molecular weight is 246 g/mol. The van der Waals surface area contributed by atoms with Crippen molar-refractivity contribution in [2.45, 2.75) is 32.3 Å². The molecule has 1 heterocycles. The maximum absolute atomic E-state index is 5.57. The molecule has 2 heteroatoms. The van der Waals surface area contributed by atoms with Crippen molar-refractivity contribution in [3.63, 3.8) is 0 Å². The van der Waals surface area contributed by atoms with Gasteiger partial charge in [-0.25, -0.2) is 0 Å². The Kier molecular flexibility index (Phi) is 4.20. The Morgan fingerprint density at radius 3 is 2.39 bits per heavy atom. The van der Waals surface area contributed by atoms with Crippen LogP contribution < -0.4 is 0 Å². The second kappa shape index (κ2) is 5.68. The predicted octanol–water partition coefficient (Wildman–Crippen LogP) is 3.41. The van der Waals surface area contributed by atoms with Gasteiger partial charge in [0.2, 0.25) is 0 Å². The van der Waals surface area contributed by atoms with Crippen molar-refractivity contribution in [3.05, 3.63) is 41.5 Å². The highest BCUT2D eigenvalue weighted by atomic mass is 16.6. The zero-order valence-electron chi connectivity index (χ0n) is 11.5. The zero-order chi connectivity index (χ0) is 13.0. The lowest BCUT2D eigenvalue weighted by Gasteiger charge is -2.20. The Balaban J connectivity index is 1.99. The van der Waals surface area contributed by atoms with Crippen LogP contribution >= 0.6 is 0 Å². The van der Waals surface area contributed by atoms with Gasteiger partial charge in [-0.1, -0.05) is 57.2 Å². The van der Waals surface area contributed by atoms with Crippen molar-refractivity contribution in [3.8, 4) is 0 Å². The van der Waals surface area contributed by atoms with E-state index in [-0.39, 0.29) is 11.5 Å². The summed E-state index contributed by atoms with van der Waals surface area (Å²) in [5, 5.41) is 0. The van der Waals surface area contributed by atoms with Gasteiger partial charge in [-0.2, -0.15) is 0 Å². The first kappa shape index (κ1) is 13.3. The van der Waals surface area contributed by atoms with E-state index < -0.39 is 0 Å². The van der Waals surface area contributed by atoms with Crippen LogP contribution in [0.25, 0.3) is 6.08 Å². The van der Waals surface area contributed by atoms with Gasteiger partial charge in [0.25, 0.3) is 0 Å². The van der Waals surface area contributed by atoms with E-state index >= 15 is 0 Å². The maximum atomic E-state index is 5.57. The van der Waals surface area contributed by atoms with Crippen molar-refractivity contribution < 1.29 is 9.47 Å². The van der Waals surface area contributed by atoms with Crippen LogP contribution in [0.5, 0.6) is 0 Å². The third kappa shape index (κ3) is 3.69. The molecule has 1 atom stereocenters. The third-order valence-electron chi connectivity index (χ3n) is 3.12. The van der Waals surface area contributed by atoms with E-state index in [0.717, 1.165) is 0 Å². The Labute approximate surface area is 110 Å². The fraction of sp³-hybridized carbons (Fsp3) is 0.500. The molecule has 0 aliphatic carbocycles. The first-order valence-electron chi connectivity index (χ1n) is 6.54. The van der Waals surface area contributed by atoms with Gasteiger partial charge < -0.3 is 9.47 Å². The van der Waals surface area contributed by atoms with E-state index in [0.29, 0.717) is 19.8 Å². The lowest BCUT2D eigenvalue weighted by atomic mass is 9.87. The molecule has 0 saturated carbocycles. The summed E-state index contributed by atoms with van der Waals surface area (Å²) in [6.45, 7) is 8.75. The Bertz CT molecular complexity index is 392. The number of hydrogen-bond donors (Lipinski definition) is 0. The molecule has 1 saturated heterocycles. The fourth-order valence-electron chi connectivity index (χ4n) is 1.93. The zero-order valence-corrected chi connectivity index (χ0v) is 11.5. The maximum Gasteiger partial charge on any atom is 0.0993 e. The SMILES string of the molecule is CC(C)(C)c1ccc(/C=C/C2COCCO2)cc1. The minimum Gasteiger partial charge on any atom is -0.376 e. The van der Waals surface area contributed by atoms with E-state index in [1.54, 1.807) is 0 Å². The molecule has 18 heavy (non-hydrogen) atoms. The second-order valence-corrected chi connectivity index (χ2v) is 5.72. The number of benzene rings is 1. The van der Waals surface area contributed by atoms with Gasteiger partial charge in [0.15, 0.2) is 0 Å². The molecular formula is C16H22O2. The molecule has 1 aromatic carbocycles. The molecule has 1 fully saturated rings. The Morgan fingerprint density at radius 2 is 1.83 bits per heavy atom. The van der Waals surface area contributed by atoms with Crippen molar-refractivity contribution >= 4 is 6.08 Å². The van der Waals surface area contributed by atoms with Gasteiger partial charge in [0, 0.05) is 0 Å². The van der Waals surface area contributed by atoms with Crippen molar-refractivity contribution in [1.82, 2.24) is 0 Å². The van der Waals surface area contributed by atoms with Gasteiger partial charge in [-0.15, -0.1) is 0 Å². The highest BCUT2D eigenvalue weighted by Gasteiger charge is 2.13. The molecule has 2 nitrogen and oxygen atoms in total. The number of ether oxygens (including phenoxy) is 2. The van der Waals surface area contributed by atoms with E-state index in [9.17, 15) is 0 Å². The van der Waals surface area contributed by atoms with Gasteiger partial charge in [0.1, 0.15) is 0 Å².